The van der Waals surface area contributed by atoms with E-state index in [9.17, 15) is 14.4 Å². The summed E-state index contributed by atoms with van der Waals surface area (Å²) in [6, 6.07) is 10.4. The molecule has 1 saturated heterocycles. The van der Waals surface area contributed by atoms with E-state index in [1.54, 1.807) is 41.2 Å². The Kier molecular flexibility index (Phi) is 6.90. The molecule has 0 bridgehead atoms. The van der Waals surface area contributed by atoms with E-state index in [0.29, 0.717) is 46.2 Å². The highest BCUT2D eigenvalue weighted by atomic mass is 16.5. The molecule has 1 N–H and O–H groups in total. The Balaban J connectivity index is 1.56. The molecule has 1 atom stereocenters. The van der Waals surface area contributed by atoms with Crippen molar-refractivity contribution in [2.24, 2.45) is 5.92 Å². The summed E-state index contributed by atoms with van der Waals surface area (Å²) in [6.07, 6.45) is 0.103. The van der Waals surface area contributed by atoms with Crippen molar-refractivity contribution in [3.05, 3.63) is 52.6 Å². The quantitative estimate of drug-likeness (QED) is 0.526. The smallest absolute Gasteiger partial charge is 0.258 e. The fourth-order valence-electron chi connectivity index (χ4n) is 4.33. The SMILES string of the molecule is CCN(Cc1nc2cc(OC)c(OC)cc2c(=O)[nH]1)C(=O)C1CC(=O)N(c2ccccc2OC)C1. The van der Waals surface area contributed by atoms with Crippen LogP contribution in [0.4, 0.5) is 5.69 Å². The Morgan fingerprint density at radius 1 is 1.09 bits per heavy atom. The van der Waals surface area contributed by atoms with Gasteiger partial charge in [0.05, 0.1) is 50.4 Å². The number of carbonyl (C=O) groups excluding carboxylic acids is 2. The molecule has 1 unspecified atom stereocenters. The lowest BCUT2D eigenvalue weighted by molar-refractivity contribution is -0.136. The summed E-state index contributed by atoms with van der Waals surface area (Å²) >= 11 is 0. The van der Waals surface area contributed by atoms with Crippen LogP contribution in [0, 0.1) is 5.92 Å². The molecule has 1 aliphatic rings. The van der Waals surface area contributed by atoms with Crippen LogP contribution in [0.15, 0.2) is 41.2 Å². The van der Waals surface area contributed by atoms with Crippen molar-refractivity contribution in [1.82, 2.24) is 14.9 Å². The lowest BCUT2D eigenvalue weighted by Crippen LogP contribution is -2.37. The first-order valence-corrected chi connectivity index (χ1v) is 11.3. The average molecular weight is 481 g/mol. The van der Waals surface area contributed by atoms with Crippen molar-refractivity contribution in [3.63, 3.8) is 0 Å². The molecule has 0 aliphatic carbocycles. The predicted molar refractivity (Wildman–Crippen MR) is 130 cm³/mol. The molecule has 35 heavy (non-hydrogen) atoms. The molecule has 3 aromatic rings. The standard InChI is InChI=1S/C25H28N4O6/c1-5-28(14-22-26-17-12-21(35-4)20(34-3)11-16(17)24(31)27-22)25(32)15-10-23(30)29(13-15)18-8-6-7-9-19(18)33-2/h6-9,11-12,15H,5,10,13-14H2,1-4H3,(H,26,27,31). The third-order valence-corrected chi connectivity index (χ3v) is 6.14. The zero-order valence-electron chi connectivity index (χ0n) is 20.2. The number of anilines is 1. The van der Waals surface area contributed by atoms with Gasteiger partial charge in [-0.3, -0.25) is 14.4 Å². The maximum atomic E-state index is 13.3. The minimum absolute atomic E-state index is 0.103. The van der Waals surface area contributed by atoms with Crippen LogP contribution in [0.3, 0.4) is 0 Å². The van der Waals surface area contributed by atoms with Gasteiger partial charge in [-0.2, -0.15) is 0 Å². The van der Waals surface area contributed by atoms with E-state index in [1.165, 1.54) is 14.2 Å². The Morgan fingerprint density at radius 3 is 2.46 bits per heavy atom. The Hall–Kier alpha value is -4.08. The molecule has 0 spiro atoms. The van der Waals surface area contributed by atoms with Gasteiger partial charge in [-0.25, -0.2) is 4.98 Å². The summed E-state index contributed by atoms with van der Waals surface area (Å²) < 4.78 is 16.0. The molecule has 184 valence electrons. The molecule has 4 rings (SSSR count). The predicted octanol–water partition coefficient (Wildman–Crippen LogP) is 2.35. The number of aromatic amines is 1. The maximum Gasteiger partial charge on any atom is 0.258 e. The minimum Gasteiger partial charge on any atom is -0.495 e. The number of nitrogens with one attached hydrogen (secondary N) is 1. The summed E-state index contributed by atoms with van der Waals surface area (Å²) in [5.41, 5.74) is 0.736. The molecule has 1 fully saturated rings. The van der Waals surface area contributed by atoms with Crippen LogP contribution >= 0.6 is 0 Å². The van der Waals surface area contributed by atoms with Crippen LogP contribution in [0.1, 0.15) is 19.2 Å². The van der Waals surface area contributed by atoms with Gasteiger partial charge in [0.15, 0.2) is 11.5 Å². The Bertz CT molecular complexity index is 1320. The highest BCUT2D eigenvalue weighted by molar-refractivity contribution is 6.01. The highest BCUT2D eigenvalue weighted by Crippen LogP contribution is 2.33. The van der Waals surface area contributed by atoms with Gasteiger partial charge in [0.2, 0.25) is 11.8 Å². The number of aromatic nitrogens is 2. The first kappa shape index (κ1) is 24.1. The lowest BCUT2D eigenvalue weighted by atomic mass is 10.1. The van der Waals surface area contributed by atoms with Crippen molar-refractivity contribution in [2.45, 2.75) is 19.9 Å². The third-order valence-electron chi connectivity index (χ3n) is 6.14. The van der Waals surface area contributed by atoms with Gasteiger partial charge in [-0.05, 0) is 25.1 Å². The largest absolute Gasteiger partial charge is 0.495 e. The molecule has 10 nitrogen and oxygen atoms in total. The van der Waals surface area contributed by atoms with Crippen LogP contribution in [0.25, 0.3) is 10.9 Å². The van der Waals surface area contributed by atoms with E-state index in [-0.39, 0.29) is 36.9 Å². The Labute approximate surface area is 202 Å². The number of rotatable bonds is 8. The second-order valence-corrected chi connectivity index (χ2v) is 8.17. The summed E-state index contributed by atoms with van der Waals surface area (Å²) in [5, 5.41) is 0.356. The number of H-pyrrole nitrogens is 1. The van der Waals surface area contributed by atoms with Crippen LogP contribution in [0.2, 0.25) is 0 Å². The summed E-state index contributed by atoms with van der Waals surface area (Å²) in [4.78, 5) is 49.3. The molecule has 2 heterocycles. The van der Waals surface area contributed by atoms with E-state index in [4.69, 9.17) is 14.2 Å². The number of carbonyl (C=O) groups is 2. The highest BCUT2D eigenvalue weighted by Gasteiger charge is 2.38. The number of nitrogens with zero attached hydrogens (tertiary/aromatic N) is 3. The number of benzene rings is 2. The molecule has 0 saturated carbocycles. The van der Waals surface area contributed by atoms with Crippen LogP contribution in [-0.2, 0) is 16.1 Å². The molecule has 10 heteroatoms. The molecular weight excluding hydrogens is 452 g/mol. The summed E-state index contributed by atoms with van der Waals surface area (Å²) in [7, 11) is 4.55. The fraction of sp³-hybridized carbons (Fsp3) is 0.360. The second-order valence-electron chi connectivity index (χ2n) is 8.17. The van der Waals surface area contributed by atoms with Crippen molar-refractivity contribution in [2.75, 3.05) is 39.3 Å². The number of methoxy groups -OCH3 is 3. The van der Waals surface area contributed by atoms with Gasteiger partial charge >= 0.3 is 0 Å². The normalized spacial score (nSPS) is 15.4. The fourth-order valence-corrected chi connectivity index (χ4v) is 4.33. The molecule has 1 aliphatic heterocycles. The number of hydrogen-bond donors (Lipinski definition) is 1. The van der Waals surface area contributed by atoms with E-state index < -0.39 is 5.92 Å². The van der Waals surface area contributed by atoms with E-state index in [1.807, 2.05) is 19.1 Å². The van der Waals surface area contributed by atoms with Crippen LogP contribution in [-0.4, -0.2) is 61.1 Å². The van der Waals surface area contributed by atoms with Crippen molar-refractivity contribution >= 4 is 28.4 Å². The first-order valence-electron chi connectivity index (χ1n) is 11.3. The number of hydrogen-bond acceptors (Lipinski definition) is 7. The van der Waals surface area contributed by atoms with Gasteiger partial charge in [0, 0.05) is 25.6 Å². The monoisotopic (exact) mass is 480 g/mol. The van der Waals surface area contributed by atoms with Crippen LogP contribution < -0.4 is 24.7 Å². The zero-order valence-corrected chi connectivity index (χ0v) is 20.2. The Morgan fingerprint density at radius 2 is 1.77 bits per heavy atom. The number of amides is 2. The lowest BCUT2D eigenvalue weighted by Gasteiger charge is -2.24. The minimum atomic E-state index is -0.510. The van der Waals surface area contributed by atoms with Crippen molar-refractivity contribution in [1.29, 1.82) is 0 Å². The van der Waals surface area contributed by atoms with E-state index in [0.717, 1.165) is 0 Å². The van der Waals surface area contributed by atoms with Crippen molar-refractivity contribution in [3.8, 4) is 17.2 Å². The number of para-hydroxylation sites is 2. The van der Waals surface area contributed by atoms with E-state index >= 15 is 0 Å². The average Bonchev–Trinajstić information content (AvgIpc) is 3.27. The third kappa shape index (κ3) is 4.64. The molecule has 0 radical (unpaired) electrons. The van der Waals surface area contributed by atoms with Gasteiger partial charge in [0.25, 0.3) is 5.56 Å². The summed E-state index contributed by atoms with van der Waals surface area (Å²) in [6.45, 7) is 2.60. The number of fused-ring (bicyclic) bond motifs is 1. The van der Waals surface area contributed by atoms with E-state index in [2.05, 4.69) is 9.97 Å². The van der Waals surface area contributed by atoms with Gasteiger partial charge in [0.1, 0.15) is 11.6 Å². The van der Waals surface area contributed by atoms with Gasteiger partial charge in [-0.1, -0.05) is 12.1 Å². The first-order chi connectivity index (χ1) is 16.9. The second kappa shape index (κ2) is 10.0. The number of ether oxygens (including phenoxy) is 3. The molecule has 2 aromatic carbocycles. The molecule has 2 amide bonds. The maximum absolute atomic E-state index is 13.3. The van der Waals surface area contributed by atoms with Crippen molar-refractivity contribution < 1.29 is 23.8 Å². The molecular formula is C25H28N4O6. The van der Waals surface area contributed by atoms with Crippen LogP contribution in [0.5, 0.6) is 17.2 Å². The van der Waals surface area contributed by atoms with Gasteiger partial charge < -0.3 is 29.0 Å². The summed E-state index contributed by atoms with van der Waals surface area (Å²) in [5.74, 6) is 0.978. The zero-order chi connectivity index (χ0) is 25.1. The topological polar surface area (TPSA) is 114 Å². The molecule has 1 aromatic heterocycles. The van der Waals surface area contributed by atoms with Gasteiger partial charge in [-0.15, -0.1) is 0 Å².